The molecule has 0 atom stereocenters. The van der Waals surface area contributed by atoms with Crippen LogP contribution >= 0.6 is 0 Å². The van der Waals surface area contributed by atoms with Crippen molar-refractivity contribution in [1.82, 2.24) is 9.97 Å². The Morgan fingerprint density at radius 1 is 1.13 bits per heavy atom. The van der Waals surface area contributed by atoms with Gasteiger partial charge in [-0.05, 0) is 36.8 Å². The standard InChI is InChI=1S/C17H20N2O4/c1-4-5-15(20)23-13-8-6-12(7-9-13)16-18-11-10-14(19-16)17(21-2)22-3/h6-11,17H,4-5H2,1-3H3. The molecule has 0 spiro atoms. The number of ether oxygens (including phenoxy) is 3. The Hall–Kier alpha value is -2.31. The van der Waals surface area contributed by atoms with Gasteiger partial charge < -0.3 is 14.2 Å². The van der Waals surface area contributed by atoms with Crippen molar-refractivity contribution >= 4 is 5.97 Å². The zero-order valence-corrected chi connectivity index (χ0v) is 13.5. The number of carbonyl (C=O) groups is 1. The summed E-state index contributed by atoms with van der Waals surface area (Å²) in [5, 5.41) is 0. The summed E-state index contributed by atoms with van der Waals surface area (Å²) >= 11 is 0. The monoisotopic (exact) mass is 316 g/mol. The second kappa shape index (κ2) is 8.36. The molecule has 0 saturated carbocycles. The van der Waals surface area contributed by atoms with Gasteiger partial charge in [-0.3, -0.25) is 4.79 Å². The van der Waals surface area contributed by atoms with Crippen LogP contribution in [0.4, 0.5) is 0 Å². The van der Waals surface area contributed by atoms with Gasteiger partial charge in [-0.2, -0.15) is 0 Å². The second-order valence-electron chi connectivity index (χ2n) is 4.86. The van der Waals surface area contributed by atoms with Gasteiger partial charge in [-0.1, -0.05) is 6.92 Å². The highest BCUT2D eigenvalue weighted by Gasteiger charge is 2.12. The van der Waals surface area contributed by atoms with Gasteiger partial charge in [0, 0.05) is 32.4 Å². The fraction of sp³-hybridized carbons (Fsp3) is 0.353. The summed E-state index contributed by atoms with van der Waals surface area (Å²) in [5.41, 5.74) is 1.45. The summed E-state index contributed by atoms with van der Waals surface area (Å²) in [4.78, 5) is 20.2. The van der Waals surface area contributed by atoms with Crippen LogP contribution in [0.5, 0.6) is 5.75 Å². The molecule has 1 aromatic carbocycles. The van der Waals surface area contributed by atoms with E-state index in [9.17, 15) is 4.79 Å². The van der Waals surface area contributed by atoms with E-state index in [1.165, 1.54) is 0 Å². The zero-order valence-electron chi connectivity index (χ0n) is 13.5. The minimum Gasteiger partial charge on any atom is -0.427 e. The van der Waals surface area contributed by atoms with Crippen LogP contribution in [-0.2, 0) is 14.3 Å². The van der Waals surface area contributed by atoms with Gasteiger partial charge in [-0.15, -0.1) is 0 Å². The van der Waals surface area contributed by atoms with Gasteiger partial charge >= 0.3 is 5.97 Å². The summed E-state index contributed by atoms with van der Waals surface area (Å²) < 4.78 is 15.6. The van der Waals surface area contributed by atoms with E-state index < -0.39 is 6.29 Å². The number of aromatic nitrogens is 2. The normalized spacial score (nSPS) is 10.8. The van der Waals surface area contributed by atoms with Gasteiger partial charge in [-0.25, -0.2) is 9.97 Å². The average Bonchev–Trinajstić information content (AvgIpc) is 2.57. The van der Waals surface area contributed by atoms with Crippen molar-refractivity contribution < 1.29 is 19.0 Å². The minimum atomic E-state index is -0.536. The highest BCUT2D eigenvalue weighted by molar-refractivity contribution is 5.72. The molecule has 1 heterocycles. The highest BCUT2D eigenvalue weighted by Crippen LogP contribution is 2.22. The zero-order chi connectivity index (χ0) is 16.7. The Bertz CT molecular complexity index is 639. The van der Waals surface area contributed by atoms with Gasteiger partial charge in [0.1, 0.15) is 11.4 Å². The van der Waals surface area contributed by atoms with Crippen molar-refractivity contribution in [2.24, 2.45) is 0 Å². The number of esters is 1. The molecule has 6 nitrogen and oxygen atoms in total. The lowest BCUT2D eigenvalue weighted by Crippen LogP contribution is -2.07. The van der Waals surface area contributed by atoms with Crippen LogP contribution in [0.2, 0.25) is 0 Å². The lowest BCUT2D eigenvalue weighted by molar-refractivity contribution is -0.134. The third-order valence-electron chi connectivity index (χ3n) is 3.15. The van der Waals surface area contributed by atoms with E-state index in [2.05, 4.69) is 9.97 Å². The summed E-state index contributed by atoms with van der Waals surface area (Å²) in [6.45, 7) is 1.93. The predicted molar refractivity (Wildman–Crippen MR) is 84.8 cm³/mol. The molecule has 2 rings (SSSR count). The van der Waals surface area contributed by atoms with Crippen LogP contribution < -0.4 is 4.74 Å². The third-order valence-corrected chi connectivity index (χ3v) is 3.15. The van der Waals surface area contributed by atoms with Crippen LogP contribution in [-0.4, -0.2) is 30.2 Å². The predicted octanol–water partition coefficient (Wildman–Crippen LogP) is 3.14. The van der Waals surface area contributed by atoms with E-state index in [4.69, 9.17) is 14.2 Å². The quantitative estimate of drug-likeness (QED) is 0.444. The van der Waals surface area contributed by atoms with Gasteiger partial charge in [0.15, 0.2) is 5.82 Å². The molecule has 0 fully saturated rings. The first-order valence-corrected chi connectivity index (χ1v) is 7.37. The molecule has 23 heavy (non-hydrogen) atoms. The molecule has 0 aliphatic rings. The molecular formula is C17H20N2O4. The fourth-order valence-electron chi connectivity index (χ4n) is 2.04. The molecule has 0 saturated heterocycles. The first-order chi connectivity index (χ1) is 11.2. The van der Waals surface area contributed by atoms with E-state index in [1.54, 1.807) is 38.6 Å². The SMILES string of the molecule is CCCC(=O)Oc1ccc(-c2nccc(C(OC)OC)n2)cc1. The lowest BCUT2D eigenvalue weighted by Gasteiger charge is -2.13. The Morgan fingerprint density at radius 2 is 1.83 bits per heavy atom. The van der Waals surface area contributed by atoms with Crippen molar-refractivity contribution in [1.29, 1.82) is 0 Å². The van der Waals surface area contributed by atoms with E-state index in [-0.39, 0.29) is 5.97 Å². The number of hydrogen-bond acceptors (Lipinski definition) is 6. The van der Waals surface area contributed by atoms with Crippen LogP contribution in [0.15, 0.2) is 36.5 Å². The van der Waals surface area contributed by atoms with E-state index in [0.29, 0.717) is 23.7 Å². The molecule has 0 bridgehead atoms. The Morgan fingerprint density at radius 3 is 2.43 bits per heavy atom. The van der Waals surface area contributed by atoms with Gasteiger partial charge in [0.25, 0.3) is 0 Å². The Balaban J connectivity index is 2.16. The molecular weight excluding hydrogens is 296 g/mol. The van der Waals surface area contributed by atoms with Crippen molar-refractivity contribution in [3.05, 3.63) is 42.2 Å². The number of hydrogen-bond donors (Lipinski definition) is 0. The van der Waals surface area contributed by atoms with E-state index >= 15 is 0 Å². The number of methoxy groups -OCH3 is 2. The molecule has 0 aliphatic heterocycles. The summed E-state index contributed by atoms with van der Waals surface area (Å²) in [5.74, 6) is 0.824. The molecule has 2 aromatic rings. The van der Waals surface area contributed by atoms with E-state index in [0.717, 1.165) is 12.0 Å². The molecule has 0 N–H and O–H groups in total. The molecule has 0 amide bonds. The maximum absolute atomic E-state index is 11.5. The molecule has 122 valence electrons. The molecule has 6 heteroatoms. The van der Waals surface area contributed by atoms with Crippen molar-refractivity contribution in [2.45, 2.75) is 26.1 Å². The van der Waals surface area contributed by atoms with Crippen LogP contribution in [0.25, 0.3) is 11.4 Å². The molecule has 0 unspecified atom stereocenters. The maximum Gasteiger partial charge on any atom is 0.311 e. The summed E-state index contributed by atoms with van der Waals surface area (Å²) in [7, 11) is 3.10. The number of carbonyl (C=O) groups excluding carboxylic acids is 1. The molecule has 1 aromatic heterocycles. The second-order valence-corrected chi connectivity index (χ2v) is 4.86. The molecule has 0 radical (unpaired) electrons. The van der Waals surface area contributed by atoms with Gasteiger partial charge in [0.05, 0.1) is 0 Å². The summed E-state index contributed by atoms with van der Waals surface area (Å²) in [6, 6.07) is 8.80. The third kappa shape index (κ3) is 4.58. The first kappa shape index (κ1) is 17.1. The molecule has 0 aliphatic carbocycles. The fourth-order valence-corrected chi connectivity index (χ4v) is 2.04. The Kier molecular flexibility index (Phi) is 6.19. The van der Waals surface area contributed by atoms with Crippen LogP contribution in [0.1, 0.15) is 31.7 Å². The van der Waals surface area contributed by atoms with Crippen LogP contribution in [0, 0.1) is 0 Å². The maximum atomic E-state index is 11.5. The summed E-state index contributed by atoms with van der Waals surface area (Å²) in [6.07, 6.45) is 2.28. The van der Waals surface area contributed by atoms with Crippen LogP contribution in [0.3, 0.4) is 0 Å². The highest BCUT2D eigenvalue weighted by atomic mass is 16.7. The topological polar surface area (TPSA) is 70.5 Å². The lowest BCUT2D eigenvalue weighted by atomic mass is 10.2. The minimum absolute atomic E-state index is 0.235. The van der Waals surface area contributed by atoms with Gasteiger partial charge in [0.2, 0.25) is 6.29 Å². The largest absolute Gasteiger partial charge is 0.427 e. The van der Waals surface area contributed by atoms with Crippen molar-refractivity contribution in [3.8, 4) is 17.1 Å². The van der Waals surface area contributed by atoms with Crippen molar-refractivity contribution in [3.63, 3.8) is 0 Å². The van der Waals surface area contributed by atoms with Crippen molar-refractivity contribution in [2.75, 3.05) is 14.2 Å². The van der Waals surface area contributed by atoms with E-state index in [1.807, 2.05) is 19.1 Å². The first-order valence-electron chi connectivity index (χ1n) is 7.37. The number of rotatable bonds is 7. The number of nitrogens with zero attached hydrogens (tertiary/aromatic N) is 2. The smallest absolute Gasteiger partial charge is 0.311 e. The number of benzene rings is 1. The Labute approximate surface area is 135 Å². The average molecular weight is 316 g/mol.